The van der Waals surface area contributed by atoms with Gasteiger partial charge in [-0.15, -0.1) is 0 Å². The molecule has 0 unspecified atom stereocenters. The van der Waals surface area contributed by atoms with Gasteiger partial charge in [0.15, 0.2) is 0 Å². The molecule has 268 valence electrons. The van der Waals surface area contributed by atoms with E-state index in [9.17, 15) is 0 Å². The van der Waals surface area contributed by atoms with Crippen molar-refractivity contribution in [3.8, 4) is 5.69 Å². The molecule has 1 aromatic heterocycles. The molecule has 0 spiro atoms. The lowest BCUT2D eigenvalue weighted by atomic mass is 9.87. The summed E-state index contributed by atoms with van der Waals surface area (Å²) >= 11 is 0. The quantitative estimate of drug-likeness (QED) is 0.163. The third-order valence-electron chi connectivity index (χ3n) is 12.6. The van der Waals surface area contributed by atoms with Crippen LogP contribution >= 0.6 is 0 Å². The van der Waals surface area contributed by atoms with Crippen molar-refractivity contribution >= 4 is 114 Å². The summed E-state index contributed by atoms with van der Waals surface area (Å²) in [5, 5.41) is 20.3. The number of hydrogen-bond donors (Lipinski definition) is 0. The number of benzene rings is 11. The van der Waals surface area contributed by atoms with Gasteiger partial charge in [-0.05, 0) is 125 Å². The Hall–Kier alpha value is -7.68. The summed E-state index contributed by atoms with van der Waals surface area (Å²) in [6.07, 6.45) is 0. The molecular formula is C56H34N2. The van der Waals surface area contributed by atoms with Crippen LogP contribution in [0.1, 0.15) is 0 Å². The highest BCUT2D eigenvalue weighted by Crippen LogP contribution is 2.47. The van der Waals surface area contributed by atoms with Gasteiger partial charge in [-0.2, -0.15) is 0 Å². The Morgan fingerprint density at radius 2 is 0.724 bits per heavy atom. The standard InChI is InChI=1S/C56H34N2/c1-2-16-43-35(11-1)12-10-24-50(43)57(40-29-31-41(32-30-40)58-51-22-5-3-17-44(51)45-18-4-6-23-52(45)58)42-33-39-28-27-38-14-8-20-47-46-19-7-13-36-25-26-37-15-9-21-48(55(37)53(36)46)49(34-42)56(39)54(38)47/h1-34H. The number of aromatic nitrogens is 1. The summed E-state index contributed by atoms with van der Waals surface area (Å²) in [5.74, 6) is 0. The van der Waals surface area contributed by atoms with E-state index in [0.29, 0.717) is 0 Å². The molecule has 0 radical (unpaired) electrons. The summed E-state index contributed by atoms with van der Waals surface area (Å²) < 4.78 is 2.39. The normalized spacial score (nSPS) is 12.1. The molecule has 0 aliphatic carbocycles. The first-order chi connectivity index (χ1) is 28.8. The maximum absolute atomic E-state index is 2.47. The van der Waals surface area contributed by atoms with E-state index in [1.54, 1.807) is 0 Å². The minimum Gasteiger partial charge on any atom is -0.310 e. The summed E-state index contributed by atoms with van der Waals surface area (Å²) in [5.41, 5.74) is 6.93. The van der Waals surface area contributed by atoms with Gasteiger partial charge in [0.25, 0.3) is 0 Å². The second kappa shape index (κ2) is 11.9. The Kier molecular flexibility index (Phi) is 6.47. The van der Waals surface area contributed by atoms with Crippen LogP contribution in [-0.4, -0.2) is 4.57 Å². The Balaban J connectivity index is 1.14. The van der Waals surface area contributed by atoms with Crippen molar-refractivity contribution in [2.45, 2.75) is 0 Å². The van der Waals surface area contributed by atoms with E-state index in [2.05, 4.69) is 216 Å². The first kappa shape index (κ1) is 31.5. The van der Waals surface area contributed by atoms with E-state index in [1.165, 1.54) is 97.2 Å². The first-order valence-corrected chi connectivity index (χ1v) is 20.1. The third-order valence-corrected chi connectivity index (χ3v) is 12.6. The predicted molar refractivity (Wildman–Crippen MR) is 249 cm³/mol. The van der Waals surface area contributed by atoms with Gasteiger partial charge in [0.05, 0.1) is 16.7 Å². The minimum atomic E-state index is 1.10. The van der Waals surface area contributed by atoms with Crippen LogP contribution in [0.25, 0.3) is 103 Å². The highest BCUT2D eigenvalue weighted by Gasteiger charge is 2.21. The van der Waals surface area contributed by atoms with Crippen molar-refractivity contribution < 1.29 is 0 Å². The summed E-state index contributed by atoms with van der Waals surface area (Å²) in [6.45, 7) is 0. The van der Waals surface area contributed by atoms with E-state index in [4.69, 9.17) is 0 Å². The molecule has 1 heterocycles. The van der Waals surface area contributed by atoms with Crippen molar-refractivity contribution in [3.05, 3.63) is 206 Å². The molecule has 0 amide bonds. The second-order valence-electron chi connectivity index (χ2n) is 15.7. The predicted octanol–water partition coefficient (Wildman–Crippen LogP) is 15.8. The Morgan fingerprint density at radius 3 is 1.34 bits per heavy atom. The highest BCUT2D eigenvalue weighted by atomic mass is 15.1. The number of nitrogens with zero attached hydrogens (tertiary/aromatic N) is 2. The summed E-state index contributed by atoms with van der Waals surface area (Å²) in [7, 11) is 0. The van der Waals surface area contributed by atoms with E-state index in [-0.39, 0.29) is 0 Å². The van der Waals surface area contributed by atoms with Crippen LogP contribution in [0.15, 0.2) is 206 Å². The molecule has 0 saturated carbocycles. The third kappa shape index (κ3) is 4.37. The molecule has 2 heteroatoms. The highest BCUT2D eigenvalue weighted by molar-refractivity contribution is 6.37. The minimum absolute atomic E-state index is 1.10. The molecule has 0 N–H and O–H groups in total. The fraction of sp³-hybridized carbons (Fsp3) is 0. The molecule has 0 aliphatic rings. The Labute approximate surface area is 334 Å². The van der Waals surface area contributed by atoms with Crippen LogP contribution in [0.2, 0.25) is 0 Å². The van der Waals surface area contributed by atoms with E-state index >= 15 is 0 Å². The van der Waals surface area contributed by atoms with Crippen LogP contribution in [-0.2, 0) is 0 Å². The Morgan fingerprint density at radius 1 is 0.276 bits per heavy atom. The van der Waals surface area contributed by atoms with Gasteiger partial charge >= 0.3 is 0 Å². The van der Waals surface area contributed by atoms with Gasteiger partial charge in [-0.3, -0.25) is 0 Å². The molecule has 12 aromatic carbocycles. The average molecular weight is 735 g/mol. The number of anilines is 3. The number of hydrogen-bond acceptors (Lipinski definition) is 1. The summed E-state index contributed by atoms with van der Waals surface area (Å²) in [4.78, 5) is 2.47. The largest absolute Gasteiger partial charge is 0.310 e. The monoisotopic (exact) mass is 734 g/mol. The van der Waals surface area contributed by atoms with Crippen LogP contribution in [0.3, 0.4) is 0 Å². The lowest BCUT2D eigenvalue weighted by Gasteiger charge is -2.28. The van der Waals surface area contributed by atoms with Crippen molar-refractivity contribution in [1.82, 2.24) is 4.57 Å². The van der Waals surface area contributed by atoms with Crippen LogP contribution in [0, 0.1) is 0 Å². The molecule has 13 rings (SSSR count). The van der Waals surface area contributed by atoms with Gasteiger partial charge in [-0.1, -0.05) is 152 Å². The zero-order chi connectivity index (χ0) is 37.9. The first-order valence-electron chi connectivity index (χ1n) is 20.1. The van der Waals surface area contributed by atoms with Crippen LogP contribution in [0.4, 0.5) is 17.1 Å². The maximum Gasteiger partial charge on any atom is 0.0541 e. The molecule has 0 atom stereocenters. The van der Waals surface area contributed by atoms with Gasteiger partial charge in [0.2, 0.25) is 0 Å². The van der Waals surface area contributed by atoms with E-state index < -0.39 is 0 Å². The van der Waals surface area contributed by atoms with E-state index in [1.807, 2.05) is 0 Å². The number of fused-ring (bicyclic) bond motifs is 6. The fourth-order valence-corrected chi connectivity index (χ4v) is 10.2. The van der Waals surface area contributed by atoms with Crippen LogP contribution in [0.5, 0.6) is 0 Å². The van der Waals surface area contributed by atoms with Gasteiger partial charge in [0, 0.05) is 33.2 Å². The number of para-hydroxylation sites is 2. The molecular weight excluding hydrogens is 701 g/mol. The summed E-state index contributed by atoms with van der Waals surface area (Å²) in [6, 6.07) is 76.6. The van der Waals surface area contributed by atoms with Crippen molar-refractivity contribution in [1.29, 1.82) is 0 Å². The molecule has 0 bridgehead atoms. The lowest BCUT2D eigenvalue weighted by molar-refractivity contribution is 1.17. The van der Waals surface area contributed by atoms with Gasteiger partial charge in [-0.25, -0.2) is 0 Å². The smallest absolute Gasteiger partial charge is 0.0541 e. The van der Waals surface area contributed by atoms with E-state index in [0.717, 1.165) is 22.7 Å². The zero-order valence-corrected chi connectivity index (χ0v) is 31.5. The SMILES string of the molecule is c1ccc2c(N(c3ccc(-n4c5ccccc5c5ccccc54)cc3)c3cc4ccc5cccc6c7cccc8ccc9cccc(c(c3)c4c56)c9c87)cccc2c1. The Bertz CT molecular complexity index is 3730. The average Bonchev–Trinajstić information content (AvgIpc) is 3.62. The molecule has 0 aliphatic heterocycles. The molecule has 58 heavy (non-hydrogen) atoms. The molecule has 13 aromatic rings. The molecule has 0 fully saturated rings. The topological polar surface area (TPSA) is 8.17 Å². The lowest BCUT2D eigenvalue weighted by Crippen LogP contribution is -2.11. The van der Waals surface area contributed by atoms with Gasteiger partial charge in [0.1, 0.15) is 0 Å². The van der Waals surface area contributed by atoms with Crippen LogP contribution < -0.4 is 4.90 Å². The second-order valence-corrected chi connectivity index (χ2v) is 15.7. The van der Waals surface area contributed by atoms with Crippen molar-refractivity contribution in [2.75, 3.05) is 4.90 Å². The molecule has 0 saturated heterocycles. The zero-order valence-electron chi connectivity index (χ0n) is 31.5. The van der Waals surface area contributed by atoms with Gasteiger partial charge < -0.3 is 9.47 Å². The fourth-order valence-electron chi connectivity index (χ4n) is 10.2. The maximum atomic E-state index is 2.47. The van der Waals surface area contributed by atoms with Crippen molar-refractivity contribution in [2.24, 2.45) is 0 Å². The van der Waals surface area contributed by atoms with Crippen molar-refractivity contribution in [3.63, 3.8) is 0 Å². The number of rotatable bonds is 4. The molecule has 2 nitrogen and oxygen atoms in total.